The fourth-order valence-corrected chi connectivity index (χ4v) is 5.07. The number of methoxy groups -OCH3 is 1. The van der Waals surface area contributed by atoms with E-state index in [1.165, 1.54) is 28.9 Å². The van der Waals surface area contributed by atoms with Gasteiger partial charge in [-0.15, -0.1) is 0 Å². The summed E-state index contributed by atoms with van der Waals surface area (Å²) in [5.74, 6) is -0.285. The molecule has 1 atom stereocenters. The van der Waals surface area contributed by atoms with Crippen LogP contribution in [0.2, 0.25) is 0 Å². The molecule has 1 fully saturated rings. The lowest BCUT2D eigenvalue weighted by atomic mass is 10.1. The Bertz CT molecular complexity index is 1210. The van der Waals surface area contributed by atoms with Crippen LogP contribution in [0.3, 0.4) is 0 Å². The Kier molecular flexibility index (Phi) is 4.50. The Morgan fingerprint density at radius 3 is 2.68 bits per heavy atom. The van der Waals surface area contributed by atoms with E-state index in [1.807, 2.05) is 0 Å². The second kappa shape index (κ2) is 6.86. The minimum atomic E-state index is -3.07. The topological polar surface area (TPSA) is 113 Å². The lowest BCUT2D eigenvalue weighted by Gasteiger charge is -2.10. The van der Waals surface area contributed by atoms with Gasteiger partial charge < -0.3 is 4.74 Å². The van der Waals surface area contributed by atoms with Crippen LogP contribution in [0.25, 0.3) is 11.0 Å². The summed E-state index contributed by atoms with van der Waals surface area (Å²) < 4.78 is 31.1. The monoisotopic (exact) mass is 402 g/mol. The highest BCUT2D eigenvalue weighted by Gasteiger charge is 2.31. The first-order chi connectivity index (χ1) is 13.4. The summed E-state index contributed by atoms with van der Waals surface area (Å²) >= 11 is 0. The van der Waals surface area contributed by atoms with Crippen molar-refractivity contribution in [2.24, 2.45) is 0 Å². The maximum Gasteiger partial charge on any atom is 0.337 e. The zero-order valence-corrected chi connectivity index (χ0v) is 15.9. The maximum absolute atomic E-state index is 12.8. The largest absolute Gasteiger partial charge is 0.465 e. The average Bonchev–Trinajstić information content (AvgIpc) is 3.27. The number of benzene rings is 1. The van der Waals surface area contributed by atoms with E-state index in [0.29, 0.717) is 23.0 Å². The van der Waals surface area contributed by atoms with Crippen molar-refractivity contribution in [3.05, 3.63) is 58.3 Å². The number of aromatic nitrogens is 4. The standard InChI is InChI=1S/C18H18N4O5S/c1-27-18(24)13-4-2-12(3-5-13)9-21-11-19-16-15(17(21)23)8-20-22(16)14-6-7-28(25,26)10-14/h2-5,8,11,14H,6-7,9-10H2,1H3/t14-/m0/s1. The molecule has 28 heavy (non-hydrogen) atoms. The molecule has 0 spiro atoms. The lowest BCUT2D eigenvalue weighted by molar-refractivity contribution is 0.0600. The van der Waals surface area contributed by atoms with Gasteiger partial charge in [0, 0.05) is 0 Å². The van der Waals surface area contributed by atoms with Crippen molar-refractivity contribution in [1.82, 2.24) is 19.3 Å². The number of hydrogen-bond donors (Lipinski definition) is 0. The molecule has 1 saturated heterocycles. The van der Waals surface area contributed by atoms with Crippen molar-refractivity contribution >= 4 is 26.8 Å². The molecule has 10 heteroatoms. The minimum Gasteiger partial charge on any atom is -0.465 e. The quantitative estimate of drug-likeness (QED) is 0.593. The maximum atomic E-state index is 12.8. The summed E-state index contributed by atoms with van der Waals surface area (Å²) in [4.78, 5) is 28.6. The first-order valence-corrected chi connectivity index (χ1v) is 10.5. The average molecular weight is 402 g/mol. The molecule has 9 nitrogen and oxygen atoms in total. The number of fused-ring (bicyclic) bond motifs is 1. The Morgan fingerprint density at radius 2 is 2.04 bits per heavy atom. The van der Waals surface area contributed by atoms with Crippen molar-refractivity contribution in [3.8, 4) is 0 Å². The molecule has 0 radical (unpaired) electrons. The minimum absolute atomic E-state index is 0.0150. The van der Waals surface area contributed by atoms with Crippen LogP contribution in [0.15, 0.2) is 41.6 Å². The van der Waals surface area contributed by atoms with Gasteiger partial charge in [0.1, 0.15) is 11.7 Å². The SMILES string of the molecule is COC(=O)c1ccc(Cn2cnc3c(cnn3[C@H]3CCS(=O)(=O)C3)c2=O)cc1. The first kappa shape index (κ1) is 18.4. The molecule has 0 saturated carbocycles. The first-order valence-electron chi connectivity index (χ1n) is 8.68. The van der Waals surface area contributed by atoms with E-state index >= 15 is 0 Å². The Balaban J connectivity index is 1.62. The van der Waals surface area contributed by atoms with Crippen LogP contribution in [0.1, 0.15) is 28.4 Å². The third-order valence-electron chi connectivity index (χ3n) is 4.86. The van der Waals surface area contributed by atoms with Gasteiger partial charge >= 0.3 is 5.97 Å². The van der Waals surface area contributed by atoms with E-state index in [-0.39, 0.29) is 29.7 Å². The predicted molar refractivity (Wildman–Crippen MR) is 101 cm³/mol. The van der Waals surface area contributed by atoms with Gasteiger partial charge in [-0.05, 0) is 24.1 Å². The Labute approximate surface area is 160 Å². The number of carbonyl (C=O) groups excluding carboxylic acids is 1. The van der Waals surface area contributed by atoms with Gasteiger partial charge in [0.15, 0.2) is 15.5 Å². The van der Waals surface area contributed by atoms with E-state index in [2.05, 4.69) is 14.8 Å². The van der Waals surface area contributed by atoms with Crippen molar-refractivity contribution in [2.75, 3.05) is 18.6 Å². The van der Waals surface area contributed by atoms with E-state index in [0.717, 1.165) is 5.56 Å². The molecule has 146 valence electrons. The Morgan fingerprint density at radius 1 is 1.29 bits per heavy atom. The van der Waals surface area contributed by atoms with Gasteiger partial charge in [0.05, 0.1) is 43.0 Å². The van der Waals surface area contributed by atoms with Crippen LogP contribution in [0, 0.1) is 0 Å². The van der Waals surface area contributed by atoms with E-state index in [4.69, 9.17) is 0 Å². The molecule has 1 aliphatic heterocycles. The summed E-state index contributed by atoms with van der Waals surface area (Å²) in [6.07, 6.45) is 3.34. The molecule has 0 unspecified atom stereocenters. The predicted octanol–water partition coefficient (Wildman–Crippen LogP) is 0.787. The lowest BCUT2D eigenvalue weighted by Crippen LogP contribution is -2.22. The number of sulfone groups is 1. The van der Waals surface area contributed by atoms with Gasteiger partial charge in [-0.25, -0.2) is 22.9 Å². The van der Waals surface area contributed by atoms with Crippen LogP contribution < -0.4 is 5.56 Å². The van der Waals surface area contributed by atoms with Gasteiger partial charge in [-0.2, -0.15) is 5.10 Å². The number of ether oxygens (including phenoxy) is 1. The van der Waals surface area contributed by atoms with Crippen molar-refractivity contribution in [3.63, 3.8) is 0 Å². The zero-order valence-electron chi connectivity index (χ0n) is 15.1. The molecular formula is C18H18N4O5S. The van der Waals surface area contributed by atoms with Crippen LogP contribution in [-0.4, -0.2) is 52.3 Å². The third-order valence-corrected chi connectivity index (χ3v) is 6.61. The van der Waals surface area contributed by atoms with E-state index in [9.17, 15) is 18.0 Å². The zero-order chi connectivity index (χ0) is 19.9. The van der Waals surface area contributed by atoms with Crippen LogP contribution in [0.5, 0.6) is 0 Å². The highest BCUT2D eigenvalue weighted by atomic mass is 32.2. The number of rotatable bonds is 4. The molecule has 3 heterocycles. The molecular weight excluding hydrogens is 384 g/mol. The highest BCUT2D eigenvalue weighted by Crippen LogP contribution is 2.25. The number of nitrogens with zero attached hydrogens (tertiary/aromatic N) is 4. The second-order valence-electron chi connectivity index (χ2n) is 6.75. The molecule has 1 aromatic carbocycles. The van der Waals surface area contributed by atoms with Gasteiger partial charge in [0.25, 0.3) is 5.56 Å². The normalized spacial score (nSPS) is 18.4. The fourth-order valence-electron chi connectivity index (χ4n) is 3.38. The number of hydrogen-bond acceptors (Lipinski definition) is 7. The fraction of sp³-hybridized carbons (Fsp3) is 0.333. The van der Waals surface area contributed by atoms with Crippen molar-refractivity contribution in [1.29, 1.82) is 0 Å². The summed E-state index contributed by atoms with van der Waals surface area (Å²) in [6.45, 7) is 0.284. The second-order valence-corrected chi connectivity index (χ2v) is 8.98. The van der Waals surface area contributed by atoms with Crippen LogP contribution in [-0.2, 0) is 21.1 Å². The molecule has 4 rings (SSSR count). The molecule has 0 aliphatic carbocycles. The Hall–Kier alpha value is -3.01. The highest BCUT2D eigenvalue weighted by molar-refractivity contribution is 7.91. The summed E-state index contributed by atoms with van der Waals surface area (Å²) in [6, 6.07) is 6.47. The molecule has 0 amide bonds. The number of carbonyl (C=O) groups is 1. The van der Waals surface area contributed by atoms with E-state index in [1.54, 1.807) is 24.3 Å². The summed E-state index contributed by atoms with van der Waals surface area (Å²) in [7, 11) is -1.75. The summed E-state index contributed by atoms with van der Waals surface area (Å²) in [5, 5.41) is 4.56. The van der Waals surface area contributed by atoms with Crippen molar-refractivity contribution in [2.45, 2.75) is 19.0 Å². The van der Waals surface area contributed by atoms with E-state index < -0.39 is 15.8 Å². The molecule has 3 aromatic rings. The smallest absolute Gasteiger partial charge is 0.337 e. The molecule has 1 aliphatic rings. The van der Waals surface area contributed by atoms with Gasteiger partial charge in [-0.1, -0.05) is 12.1 Å². The van der Waals surface area contributed by atoms with Crippen LogP contribution in [0.4, 0.5) is 0 Å². The van der Waals surface area contributed by atoms with Crippen LogP contribution >= 0.6 is 0 Å². The molecule has 2 aromatic heterocycles. The summed E-state index contributed by atoms with van der Waals surface area (Å²) in [5.41, 5.74) is 1.39. The van der Waals surface area contributed by atoms with Gasteiger partial charge in [0.2, 0.25) is 0 Å². The third kappa shape index (κ3) is 3.31. The molecule has 0 bridgehead atoms. The number of esters is 1. The van der Waals surface area contributed by atoms with Crippen molar-refractivity contribution < 1.29 is 17.9 Å². The van der Waals surface area contributed by atoms with Gasteiger partial charge in [-0.3, -0.25) is 9.36 Å². The molecule has 0 N–H and O–H groups in total.